The number of nitrogens with zero attached hydrogens (tertiary/aromatic N) is 2. The molecule has 0 saturated carbocycles. The van der Waals surface area contributed by atoms with Crippen LogP contribution in [0.4, 0.5) is 0 Å². The molecule has 0 bridgehead atoms. The fourth-order valence-electron chi connectivity index (χ4n) is 4.61. The first-order valence-electron chi connectivity index (χ1n) is 10.8. The van der Waals surface area contributed by atoms with Crippen molar-refractivity contribution in [2.45, 2.75) is 32.1 Å². The van der Waals surface area contributed by atoms with Crippen molar-refractivity contribution >= 4 is 11.8 Å². The summed E-state index contributed by atoms with van der Waals surface area (Å²) in [7, 11) is 1.67. The van der Waals surface area contributed by atoms with Crippen LogP contribution in [0.5, 0.6) is 5.75 Å². The van der Waals surface area contributed by atoms with Gasteiger partial charge in [0.2, 0.25) is 5.91 Å². The van der Waals surface area contributed by atoms with Crippen LogP contribution in [0.3, 0.4) is 0 Å². The Labute approximate surface area is 178 Å². The van der Waals surface area contributed by atoms with E-state index in [1.807, 2.05) is 53.1 Å². The van der Waals surface area contributed by atoms with Crippen molar-refractivity contribution in [3.8, 4) is 5.75 Å². The van der Waals surface area contributed by atoms with Gasteiger partial charge in [0.25, 0.3) is 5.91 Å². The molecule has 4 rings (SSSR count). The molecule has 2 atom stereocenters. The molecule has 30 heavy (non-hydrogen) atoms. The number of likely N-dealkylation sites (tertiary alicyclic amines) is 2. The Balaban J connectivity index is 1.37. The predicted octanol–water partition coefficient (Wildman–Crippen LogP) is 3.87. The first-order chi connectivity index (χ1) is 14.5. The van der Waals surface area contributed by atoms with E-state index in [0.717, 1.165) is 50.2 Å². The number of piperidine rings is 1. The maximum Gasteiger partial charge on any atom is 0.253 e. The van der Waals surface area contributed by atoms with Crippen molar-refractivity contribution in [3.05, 3.63) is 65.2 Å². The summed E-state index contributed by atoms with van der Waals surface area (Å²) >= 11 is 0. The number of methoxy groups -OCH3 is 1. The third-order valence-electron chi connectivity index (χ3n) is 6.44. The largest absolute Gasteiger partial charge is 0.497 e. The number of amides is 2. The maximum atomic E-state index is 13.2. The van der Waals surface area contributed by atoms with Crippen LogP contribution in [0.25, 0.3) is 0 Å². The molecule has 2 amide bonds. The molecule has 0 aromatic heterocycles. The summed E-state index contributed by atoms with van der Waals surface area (Å²) in [5, 5.41) is 0. The first kappa shape index (κ1) is 20.5. The molecule has 2 aliphatic heterocycles. The minimum absolute atomic E-state index is 0.0324. The standard InChI is InChI=1S/C25H30N2O3/c1-18-5-7-20(8-6-18)24(28)26-14-3-4-22(17-26)25(29)27-15-13-21(16-27)19-9-11-23(30-2)12-10-19/h5-12,21-22H,3-4,13-17H2,1-2H3. The fraction of sp³-hybridized carbons (Fsp3) is 0.440. The van der Waals surface area contributed by atoms with E-state index >= 15 is 0 Å². The average molecular weight is 407 g/mol. The van der Waals surface area contributed by atoms with Crippen LogP contribution < -0.4 is 4.74 Å². The lowest BCUT2D eigenvalue weighted by atomic mass is 9.95. The molecular weight excluding hydrogens is 376 g/mol. The summed E-state index contributed by atoms with van der Waals surface area (Å²) in [4.78, 5) is 29.9. The maximum absolute atomic E-state index is 13.2. The van der Waals surface area contributed by atoms with Crippen LogP contribution in [-0.4, -0.2) is 54.9 Å². The summed E-state index contributed by atoms with van der Waals surface area (Å²) in [6.07, 6.45) is 2.72. The van der Waals surface area contributed by atoms with Gasteiger partial charge in [0, 0.05) is 37.7 Å². The summed E-state index contributed by atoms with van der Waals surface area (Å²) in [6.45, 7) is 4.81. The van der Waals surface area contributed by atoms with Gasteiger partial charge in [-0.15, -0.1) is 0 Å². The molecule has 5 nitrogen and oxygen atoms in total. The van der Waals surface area contributed by atoms with Gasteiger partial charge in [0.15, 0.2) is 0 Å². The van der Waals surface area contributed by atoms with Gasteiger partial charge in [-0.3, -0.25) is 9.59 Å². The lowest BCUT2D eigenvalue weighted by Gasteiger charge is -2.34. The van der Waals surface area contributed by atoms with Crippen molar-refractivity contribution in [2.75, 3.05) is 33.3 Å². The summed E-state index contributed by atoms with van der Waals surface area (Å²) in [5.41, 5.74) is 3.10. The van der Waals surface area contributed by atoms with Crippen molar-refractivity contribution in [3.63, 3.8) is 0 Å². The van der Waals surface area contributed by atoms with Crippen molar-refractivity contribution < 1.29 is 14.3 Å². The van der Waals surface area contributed by atoms with Crippen LogP contribution >= 0.6 is 0 Å². The Hall–Kier alpha value is -2.82. The Kier molecular flexibility index (Phi) is 6.07. The molecule has 2 aromatic carbocycles. The summed E-state index contributed by atoms with van der Waals surface area (Å²) in [6, 6.07) is 15.8. The molecule has 0 aliphatic carbocycles. The predicted molar refractivity (Wildman–Crippen MR) is 117 cm³/mol. The zero-order chi connectivity index (χ0) is 21.1. The number of carbonyl (C=O) groups is 2. The van der Waals surface area contributed by atoms with Crippen molar-refractivity contribution in [1.82, 2.24) is 9.80 Å². The number of rotatable bonds is 4. The average Bonchev–Trinajstić information content (AvgIpc) is 3.29. The zero-order valence-corrected chi connectivity index (χ0v) is 17.8. The zero-order valence-electron chi connectivity index (χ0n) is 17.8. The minimum atomic E-state index is -0.0947. The highest BCUT2D eigenvalue weighted by Gasteiger charge is 2.35. The Morgan fingerprint density at radius 3 is 2.33 bits per heavy atom. The number of hydrogen-bond donors (Lipinski definition) is 0. The molecule has 2 heterocycles. The van der Waals surface area contributed by atoms with Gasteiger partial charge in [0.1, 0.15) is 5.75 Å². The molecule has 5 heteroatoms. The molecule has 0 spiro atoms. The van der Waals surface area contributed by atoms with Crippen LogP contribution in [0, 0.1) is 12.8 Å². The summed E-state index contributed by atoms with van der Waals surface area (Å²) < 4.78 is 5.24. The van der Waals surface area contributed by atoms with E-state index in [0.29, 0.717) is 18.0 Å². The molecule has 0 radical (unpaired) electrons. The number of hydrogen-bond acceptors (Lipinski definition) is 3. The van der Waals surface area contributed by atoms with Gasteiger partial charge in [-0.05, 0) is 56.0 Å². The topological polar surface area (TPSA) is 49.9 Å². The monoisotopic (exact) mass is 406 g/mol. The third kappa shape index (κ3) is 4.35. The van der Waals surface area contributed by atoms with Gasteiger partial charge in [-0.1, -0.05) is 29.8 Å². The first-order valence-corrected chi connectivity index (χ1v) is 10.8. The molecule has 158 valence electrons. The van der Waals surface area contributed by atoms with Gasteiger partial charge >= 0.3 is 0 Å². The molecule has 2 aliphatic rings. The molecule has 2 aromatic rings. The van der Waals surface area contributed by atoms with E-state index in [1.54, 1.807) is 7.11 Å². The van der Waals surface area contributed by atoms with Gasteiger partial charge < -0.3 is 14.5 Å². The highest BCUT2D eigenvalue weighted by atomic mass is 16.5. The van der Waals surface area contributed by atoms with E-state index in [2.05, 4.69) is 12.1 Å². The highest BCUT2D eigenvalue weighted by molar-refractivity contribution is 5.94. The Morgan fingerprint density at radius 1 is 0.900 bits per heavy atom. The van der Waals surface area contributed by atoms with Gasteiger partial charge in [-0.2, -0.15) is 0 Å². The Bertz CT molecular complexity index is 892. The fourth-order valence-corrected chi connectivity index (χ4v) is 4.61. The third-order valence-corrected chi connectivity index (χ3v) is 6.44. The van der Waals surface area contributed by atoms with E-state index in [1.165, 1.54) is 5.56 Å². The molecule has 2 saturated heterocycles. The number of aryl methyl sites for hydroxylation is 1. The van der Waals surface area contributed by atoms with E-state index in [4.69, 9.17) is 4.74 Å². The van der Waals surface area contributed by atoms with E-state index in [-0.39, 0.29) is 17.7 Å². The molecule has 0 N–H and O–H groups in total. The van der Waals surface area contributed by atoms with Crippen LogP contribution in [-0.2, 0) is 4.79 Å². The van der Waals surface area contributed by atoms with E-state index < -0.39 is 0 Å². The molecular formula is C25H30N2O3. The van der Waals surface area contributed by atoms with Crippen LogP contribution in [0.15, 0.2) is 48.5 Å². The Morgan fingerprint density at radius 2 is 1.63 bits per heavy atom. The second kappa shape index (κ2) is 8.90. The number of benzene rings is 2. The second-order valence-electron chi connectivity index (χ2n) is 8.50. The van der Waals surface area contributed by atoms with Crippen molar-refractivity contribution in [2.24, 2.45) is 5.92 Å². The summed E-state index contributed by atoms with van der Waals surface area (Å²) in [5.74, 6) is 1.36. The van der Waals surface area contributed by atoms with Crippen molar-refractivity contribution in [1.29, 1.82) is 0 Å². The van der Waals surface area contributed by atoms with E-state index in [9.17, 15) is 9.59 Å². The van der Waals surface area contributed by atoms with Crippen LogP contribution in [0.2, 0.25) is 0 Å². The molecule has 2 unspecified atom stereocenters. The lowest BCUT2D eigenvalue weighted by molar-refractivity contribution is -0.135. The smallest absolute Gasteiger partial charge is 0.253 e. The lowest BCUT2D eigenvalue weighted by Crippen LogP contribution is -2.46. The van der Waals surface area contributed by atoms with Gasteiger partial charge in [0.05, 0.1) is 13.0 Å². The highest BCUT2D eigenvalue weighted by Crippen LogP contribution is 2.30. The normalized spacial score (nSPS) is 21.5. The number of carbonyl (C=O) groups excluding carboxylic acids is 2. The SMILES string of the molecule is COc1ccc(C2CCN(C(=O)C3CCCN(C(=O)c4ccc(C)cc4)C3)C2)cc1. The minimum Gasteiger partial charge on any atom is -0.497 e. The van der Waals surface area contributed by atoms with Gasteiger partial charge in [-0.25, -0.2) is 0 Å². The van der Waals surface area contributed by atoms with Crippen LogP contribution in [0.1, 0.15) is 46.7 Å². The quantitative estimate of drug-likeness (QED) is 0.774. The molecule has 2 fully saturated rings. The number of ether oxygens (including phenoxy) is 1. The second-order valence-corrected chi connectivity index (χ2v) is 8.50.